The van der Waals surface area contributed by atoms with Gasteiger partial charge in [-0.25, -0.2) is 0 Å². The number of esters is 1. The molecule has 0 fully saturated rings. The smallest absolute Gasteiger partial charge is 0.310 e. The summed E-state index contributed by atoms with van der Waals surface area (Å²) in [6, 6.07) is 4.96. The van der Waals surface area contributed by atoms with Crippen LogP contribution in [0, 0.1) is 5.92 Å². The molecule has 1 amide bonds. The van der Waals surface area contributed by atoms with Gasteiger partial charge in [-0.05, 0) is 31.4 Å². The second kappa shape index (κ2) is 11.0. The number of benzene rings is 1. The highest BCUT2D eigenvalue weighted by Crippen LogP contribution is 2.41. The van der Waals surface area contributed by atoms with Crippen LogP contribution in [0.2, 0.25) is 0 Å². The van der Waals surface area contributed by atoms with E-state index < -0.39 is 17.1 Å². The Morgan fingerprint density at radius 2 is 2.04 bits per heavy atom. The van der Waals surface area contributed by atoms with E-state index in [9.17, 15) is 14.7 Å². The first-order chi connectivity index (χ1) is 10.9. The number of nitrogens with one attached hydrogen (secondary N) is 1. The van der Waals surface area contributed by atoms with Crippen LogP contribution in [0.15, 0.2) is 18.2 Å². The van der Waals surface area contributed by atoms with Gasteiger partial charge in [-0.15, -0.1) is 12.4 Å². The minimum atomic E-state index is -0.561. The van der Waals surface area contributed by atoms with Crippen LogP contribution in [0.25, 0.3) is 0 Å². The summed E-state index contributed by atoms with van der Waals surface area (Å²) >= 11 is 1.09. The first-order valence-corrected chi connectivity index (χ1v) is 8.48. The third-order valence-electron chi connectivity index (χ3n) is 3.29. The molecule has 1 aromatic carbocycles. The van der Waals surface area contributed by atoms with Gasteiger partial charge < -0.3 is 15.6 Å². The quantitative estimate of drug-likeness (QED) is 0.279. The zero-order valence-electron chi connectivity index (χ0n) is 14.1. The lowest BCUT2D eigenvalue weighted by Gasteiger charge is -2.23. The van der Waals surface area contributed by atoms with E-state index in [1.54, 1.807) is 32.0 Å². The van der Waals surface area contributed by atoms with E-state index in [0.29, 0.717) is 12.0 Å². The van der Waals surface area contributed by atoms with E-state index in [4.69, 9.17) is 10.5 Å². The van der Waals surface area contributed by atoms with Gasteiger partial charge in [-0.3, -0.25) is 14.3 Å². The van der Waals surface area contributed by atoms with Gasteiger partial charge in [0, 0.05) is 12.0 Å². The second-order valence-electron chi connectivity index (χ2n) is 5.14. The number of hydrogen-bond acceptors (Lipinski definition) is 6. The highest BCUT2D eigenvalue weighted by atomic mass is 35.5. The number of para-hydroxylation sites is 1. The van der Waals surface area contributed by atoms with Gasteiger partial charge in [-0.1, -0.05) is 26.0 Å². The molecule has 8 heteroatoms. The monoisotopic (exact) mass is 376 g/mol. The fourth-order valence-corrected chi connectivity index (χ4v) is 3.04. The molecule has 6 nitrogen and oxygen atoms in total. The second-order valence-corrected chi connectivity index (χ2v) is 6.09. The molecule has 0 saturated carbocycles. The molecular formula is C16H25ClN2O4S. The largest absolute Gasteiger partial charge is 0.505 e. The fraction of sp³-hybridized carbons (Fsp3) is 0.500. The summed E-state index contributed by atoms with van der Waals surface area (Å²) in [5.74, 6) is -1.15. The molecule has 24 heavy (non-hydrogen) atoms. The minimum Gasteiger partial charge on any atom is -0.505 e. The third kappa shape index (κ3) is 6.13. The van der Waals surface area contributed by atoms with Crippen molar-refractivity contribution in [3.8, 4) is 5.75 Å². The Labute approximate surface area is 153 Å². The molecule has 0 saturated heterocycles. The van der Waals surface area contributed by atoms with Crippen molar-refractivity contribution in [2.24, 2.45) is 5.92 Å². The Morgan fingerprint density at radius 1 is 1.38 bits per heavy atom. The van der Waals surface area contributed by atoms with Crippen molar-refractivity contribution < 1.29 is 19.4 Å². The van der Waals surface area contributed by atoms with Gasteiger partial charge in [0.2, 0.25) is 5.91 Å². The lowest BCUT2D eigenvalue weighted by molar-refractivity contribution is -0.147. The summed E-state index contributed by atoms with van der Waals surface area (Å²) in [7, 11) is 0. The molecule has 0 bridgehead atoms. The van der Waals surface area contributed by atoms with Crippen LogP contribution in [-0.4, -0.2) is 23.6 Å². The van der Waals surface area contributed by atoms with Gasteiger partial charge in [0.25, 0.3) is 0 Å². The van der Waals surface area contributed by atoms with E-state index >= 15 is 0 Å². The molecule has 1 rings (SSSR count). The van der Waals surface area contributed by atoms with Crippen LogP contribution >= 0.6 is 24.4 Å². The van der Waals surface area contributed by atoms with Crippen molar-refractivity contribution in [3.63, 3.8) is 0 Å². The molecule has 4 N–H and O–H groups in total. The molecule has 1 aromatic rings. The molecule has 0 radical (unpaired) electrons. The fourth-order valence-electron chi connectivity index (χ4n) is 2.05. The Kier molecular flexibility index (Phi) is 10.3. The van der Waals surface area contributed by atoms with Crippen LogP contribution in [0.3, 0.4) is 0 Å². The van der Waals surface area contributed by atoms with Gasteiger partial charge in [0.1, 0.15) is 5.75 Å². The number of carbonyl (C=O) groups excluding carboxylic acids is 2. The molecule has 0 spiro atoms. The SMILES string of the molecule is CCCC(=O)NSC(c1cccc(N)c1O)C(C)C(=O)OCC.Cl. The number of aromatic hydroxyl groups is 1. The lowest BCUT2D eigenvalue weighted by atomic mass is 9.99. The number of rotatable bonds is 8. The maximum absolute atomic E-state index is 12.1. The molecule has 136 valence electrons. The molecule has 2 unspecified atom stereocenters. The summed E-state index contributed by atoms with van der Waals surface area (Å²) in [6.45, 7) is 5.61. The minimum absolute atomic E-state index is 0. The number of amides is 1. The van der Waals surface area contributed by atoms with Gasteiger partial charge in [0.05, 0.1) is 23.5 Å². The number of phenolic OH excluding ortho intramolecular Hbond substituents is 1. The maximum atomic E-state index is 12.1. The predicted octanol–water partition coefficient (Wildman–Crippen LogP) is 3.20. The molecule has 0 aliphatic rings. The predicted molar refractivity (Wildman–Crippen MR) is 98.9 cm³/mol. The van der Waals surface area contributed by atoms with Crippen molar-refractivity contribution in [1.82, 2.24) is 4.72 Å². The Hall–Kier alpha value is -1.60. The average molecular weight is 377 g/mol. The van der Waals surface area contributed by atoms with Gasteiger partial charge in [0.15, 0.2) is 0 Å². The summed E-state index contributed by atoms with van der Waals surface area (Å²) in [4.78, 5) is 23.8. The van der Waals surface area contributed by atoms with E-state index in [2.05, 4.69) is 4.72 Å². The number of phenols is 1. The van der Waals surface area contributed by atoms with Gasteiger partial charge >= 0.3 is 5.97 Å². The molecule has 0 aliphatic heterocycles. The summed E-state index contributed by atoms with van der Waals surface area (Å²) < 4.78 is 7.78. The van der Waals surface area contributed by atoms with Crippen molar-refractivity contribution in [2.45, 2.75) is 38.9 Å². The molecule has 0 heterocycles. The Balaban J connectivity index is 0.00000529. The van der Waals surface area contributed by atoms with Crippen molar-refractivity contribution in [3.05, 3.63) is 23.8 Å². The topological polar surface area (TPSA) is 102 Å². The molecule has 0 aromatic heterocycles. The highest BCUT2D eigenvalue weighted by Gasteiger charge is 2.30. The third-order valence-corrected chi connectivity index (χ3v) is 4.56. The number of nitrogen functional groups attached to an aromatic ring is 1. The maximum Gasteiger partial charge on any atom is 0.310 e. The van der Waals surface area contributed by atoms with Crippen LogP contribution in [-0.2, 0) is 14.3 Å². The van der Waals surface area contributed by atoms with Crippen molar-refractivity contribution in [1.29, 1.82) is 0 Å². The highest BCUT2D eigenvalue weighted by molar-refractivity contribution is 7.98. The molecular weight excluding hydrogens is 352 g/mol. The number of hydrogen-bond donors (Lipinski definition) is 3. The number of carbonyl (C=O) groups is 2. The summed E-state index contributed by atoms with van der Waals surface area (Å²) in [5.41, 5.74) is 6.45. The number of halogens is 1. The zero-order chi connectivity index (χ0) is 17.4. The Bertz CT molecular complexity index is 557. The number of ether oxygens (including phenoxy) is 1. The van der Waals surface area contributed by atoms with Gasteiger partial charge in [-0.2, -0.15) is 0 Å². The van der Waals surface area contributed by atoms with Crippen molar-refractivity contribution in [2.75, 3.05) is 12.3 Å². The van der Waals surface area contributed by atoms with E-state index in [0.717, 1.165) is 18.4 Å². The van der Waals surface area contributed by atoms with E-state index in [1.165, 1.54) is 0 Å². The number of nitrogens with two attached hydrogens (primary N) is 1. The van der Waals surface area contributed by atoms with E-state index in [1.807, 2.05) is 6.92 Å². The van der Waals surface area contributed by atoms with Crippen LogP contribution in [0.1, 0.15) is 44.4 Å². The first-order valence-electron chi connectivity index (χ1n) is 7.60. The van der Waals surface area contributed by atoms with Crippen LogP contribution < -0.4 is 10.5 Å². The first kappa shape index (κ1) is 22.4. The normalized spacial score (nSPS) is 12.6. The van der Waals surface area contributed by atoms with Crippen LogP contribution in [0.5, 0.6) is 5.75 Å². The van der Waals surface area contributed by atoms with Crippen LogP contribution in [0.4, 0.5) is 5.69 Å². The molecule has 2 atom stereocenters. The van der Waals surface area contributed by atoms with E-state index in [-0.39, 0.29) is 36.4 Å². The molecule has 0 aliphatic carbocycles. The van der Waals surface area contributed by atoms with Crippen molar-refractivity contribution >= 4 is 41.9 Å². The summed E-state index contributed by atoms with van der Waals surface area (Å²) in [5, 5.41) is 9.69. The summed E-state index contributed by atoms with van der Waals surface area (Å²) in [6.07, 6.45) is 1.13. The Morgan fingerprint density at radius 3 is 2.62 bits per heavy atom. The standard InChI is InChI=1S/C16H24N2O4S.ClH/c1-4-7-13(19)18-23-15(10(3)16(21)22-5-2)11-8-6-9-12(17)14(11)20;/h6,8-10,15,20H,4-5,7,17H2,1-3H3,(H,18,19);1H. The zero-order valence-corrected chi connectivity index (χ0v) is 15.7. The number of anilines is 1. The lowest BCUT2D eigenvalue weighted by Crippen LogP contribution is -2.25. The average Bonchev–Trinajstić information content (AvgIpc) is 2.51.